The Morgan fingerprint density at radius 3 is 2.67 bits per heavy atom. The Morgan fingerprint density at radius 1 is 1.03 bits per heavy atom. The van der Waals surface area contributed by atoms with Crippen LogP contribution in [0.5, 0.6) is 5.75 Å². The molecule has 0 amide bonds. The van der Waals surface area contributed by atoms with Crippen molar-refractivity contribution in [2.24, 2.45) is 0 Å². The quantitative estimate of drug-likeness (QED) is 0.396. The Bertz CT molecular complexity index is 1350. The topological polar surface area (TPSA) is 64.3 Å². The third-order valence-electron chi connectivity index (χ3n) is 7.17. The van der Waals surface area contributed by atoms with Gasteiger partial charge < -0.3 is 14.4 Å². The number of aromatic nitrogens is 2. The third-order valence-corrected chi connectivity index (χ3v) is 7.17. The van der Waals surface area contributed by atoms with Gasteiger partial charge >= 0.3 is 5.97 Å². The molecule has 1 aliphatic carbocycles. The molecule has 33 heavy (non-hydrogen) atoms. The molecule has 2 aliphatic rings. The number of rotatable bonds is 3. The molecule has 0 radical (unpaired) electrons. The van der Waals surface area contributed by atoms with E-state index in [-0.39, 0.29) is 0 Å². The van der Waals surface area contributed by atoms with Crippen molar-refractivity contribution in [3.05, 3.63) is 72.1 Å². The molecule has 1 fully saturated rings. The molecule has 166 valence electrons. The maximum atomic E-state index is 11.7. The zero-order chi connectivity index (χ0) is 22.4. The summed E-state index contributed by atoms with van der Waals surface area (Å²) in [6.07, 6.45) is 9.77. The van der Waals surface area contributed by atoms with Gasteiger partial charge in [-0.3, -0.25) is 4.98 Å². The normalized spacial score (nSPS) is 16.0. The SMILES string of the molecule is O=C(O)c1ccc2c(C3CCCCC3)c3n(c2c1)CCOc1c(-c2cccnc2)cccc1-3. The lowest BCUT2D eigenvalue weighted by atomic mass is 9.81. The average molecular weight is 439 g/mol. The molecule has 0 bridgehead atoms. The van der Waals surface area contributed by atoms with Crippen LogP contribution in [-0.2, 0) is 6.54 Å². The van der Waals surface area contributed by atoms with Crippen LogP contribution in [0.4, 0.5) is 0 Å². The summed E-state index contributed by atoms with van der Waals surface area (Å²) in [7, 11) is 0. The van der Waals surface area contributed by atoms with Crippen molar-refractivity contribution in [1.82, 2.24) is 9.55 Å². The number of hydrogen-bond acceptors (Lipinski definition) is 3. The first-order chi connectivity index (χ1) is 16.2. The van der Waals surface area contributed by atoms with Gasteiger partial charge in [-0.2, -0.15) is 0 Å². The smallest absolute Gasteiger partial charge is 0.335 e. The fourth-order valence-electron chi connectivity index (χ4n) is 5.70. The van der Waals surface area contributed by atoms with Crippen LogP contribution in [-0.4, -0.2) is 27.2 Å². The molecule has 1 saturated carbocycles. The first-order valence-corrected chi connectivity index (χ1v) is 11.8. The predicted octanol–water partition coefficient (Wildman–Crippen LogP) is 6.51. The molecule has 1 aliphatic heterocycles. The van der Waals surface area contributed by atoms with E-state index >= 15 is 0 Å². The number of hydrogen-bond donors (Lipinski definition) is 1. The van der Waals surface area contributed by atoms with E-state index in [1.54, 1.807) is 12.3 Å². The number of ether oxygens (including phenoxy) is 1. The Balaban J connectivity index is 1.66. The summed E-state index contributed by atoms with van der Waals surface area (Å²) in [5, 5.41) is 10.8. The van der Waals surface area contributed by atoms with E-state index in [9.17, 15) is 9.90 Å². The van der Waals surface area contributed by atoms with E-state index in [2.05, 4.69) is 33.8 Å². The Hall–Kier alpha value is -3.60. The van der Waals surface area contributed by atoms with Gasteiger partial charge in [0, 0.05) is 40.0 Å². The minimum atomic E-state index is -0.893. The molecule has 5 heteroatoms. The highest BCUT2D eigenvalue weighted by Crippen LogP contribution is 2.49. The zero-order valence-electron chi connectivity index (χ0n) is 18.5. The largest absolute Gasteiger partial charge is 0.490 e. The van der Waals surface area contributed by atoms with E-state index in [1.807, 2.05) is 24.4 Å². The fraction of sp³-hybridized carbons (Fsp3) is 0.286. The second kappa shape index (κ2) is 8.07. The molecular formula is C28H26N2O3. The summed E-state index contributed by atoms with van der Waals surface area (Å²) < 4.78 is 8.68. The van der Waals surface area contributed by atoms with Crippen molar-refractivity contribution in [2.45, 2.75) is 44.6 Å². The van der Waals surface area contributed by atoms with Gasteiger partial charge in [0.2, 0.25) is 0 Å². The number of carbonyl (C=O) groups is 1. The van der Waals surface area contributed by atoms with E-state index in [1.165, 1.54) is 48.7 Å². The maximum absolute atomic E-state index is 11.7. The number of benzene rings is 2. The number of nitrogens with zero attached hydrogens (tertiary/aromatic N) is 2. The van der Waals surface area contributed by atoms with Gasteiger partial charge in [0.1, 0.15) is 12.4 Å². The highest BCUT2D eigenvalue weighted by atomic mass is 16.5. The highest BCUT2D eigenvalue weighted by molar-refractivity contribution is 5.99. The number of para-hydroxylation sites is 1. The minimum Gasteiger partial charge on any atom is -0.490 e. The number of fused-ring (bicyclic) bond motifs is 5. The predicted molar refractivity (Wildman–Crippen MR) is 129 cm³/mol. The first-order valence-electron chi connectivity index (χ1n) is 11.8. The molecule has 0 saturated heterocycles. The van der Waals surface area contributed by atoms with Gasteiger partial charge in [0.05, 0.1) is 17.8 Å². The van der Waals surface area contributed by atoms with Crippen LogP contribution >= 0.6 is 0 Å². The summed E-state index contributed by atoms with van der Waals surface area (Å²) >= 11 is 0. The van der Waals surface area contributed by atoms with Crippen LogP contribution in [0.1, 0.15) is 53.9 Å². The Kier molecular flexibility index (Phi) is 4.90. The molecule has 3 heterocycles. The van der Waals surface area contributed by atoms with Crippen molar-refractivity contribution < 1.29 is 14.6 Å². The summed E-state index contributed by atoms with van der Waals surface area (Å²) in [6.45, 7) is 1.21. The first kappa shape index (κ1) is 20.0. The van der Waals surface area contributed by atoms with Gasteiger partial charge in [0.15, 0.2) is 0 Å². The van der Waals surface area contributed by atoms with Crippen molar-refractivity contribution in [3.63, 3.8) is 0 Å². The monoisotopic (exact) mass is 438 g/mol. The maximum Gasteiger partial charge on any atom is 0.335 e. The lowest BCUT2D eigenvalue weighted by molar-refractivity contribution is 0.0697. The summed E-state index contributed by atoms with van der Waals surface area (Å²) in [5.41, 5.74) is 7.03. The number of pyridine rings is 1. The fourth-order valence-corrected chi connectivity index (χ4v) is 5.70. The van der Waals surface area contributed by atoms with E-state index in [0.29, 0.717) is 24.6 Å². The van der Waals surface area contributed by atoms with Crippen molar-refractivity contribution in [2.75, 3.05) is 6.61 Å². The van der Waals surface area contributed by atoms with E-state index in [4.69, 9.17) is 4.74 Å². The molecule has 0 unspecified atom stereocenters. The van der Waals surface area contributed by atoms with Crippen LogP contribution in [0.2, 0.25) is 0 Å². The van der Waals surface area contributed by atoms with Crippen LogP contribution < -0.4 is 4.74 Å². The van der Waals surface area contributed by atoms with Gasteiger partial charge in [0.25, 0.3) is 0 Å². The van der Waals surface area contributed by atoms with Crippen molar-refractivity contribution >= 4 is 16.9 Å². The molecule has 6 rings (SSSR count). The molecule has 4 aromatic rings. The van der Waals surface area contributed by atoms with Gasteiger partial charge in [-0.25, -0.2) is 4.79 Å². The Morgan fingerprint density at radius 2 is 1.88 bits per heavy atom. The second-order valence-electron chi connectivity index (χ2n) is 9.06. The molecule has 2 aromatic carbocycles. The van der Waals surface area contributed by atoms with Crippen LogP contribution in [0.25, 0.3) is 33.3 Å². The summed E-state index contributed by atoms with van der Waals surface area (Å²) in [6, 6.07) is 16.0. The minimum absolute atomic E-state index is 0.326. The molecule has 1 N–H and O–H groups in total. The van der Waals surface area contributed by atoms with Crippen molar-refractivity contribution in [3.8, 4) is 28.1 Å². The molecule has 0 spiro atoms. The molecule has 5 nitrogen and oxygen atoms in total. The number of carboxylic acid groups (broad SMARTS) is 1. The summed E-state index contributed by atoms with van der Waals surface area (Å²) in [5.74, 6) is 0.472. The van der Waals surface area contributed by atoms with E-state index < -0.39 is 5.97 Å². The summed E-state index contributed by atoms with van der Waals surface area (Å²) in [4.78, 5) is 16.1. The second-order valence-corrected chi connectivity index (χ2v) is 9.06. The van der Waals surface area contributed by atoms with Crippen LogP contribution in [0.3, 0.4) is 0 Å². The average Bonchev–Trinajstić information content (AvgIpc) is 3.05. The van der Waals surface area contributed by atoms with Gasteiger partial charge in [-0.05, 0) is 48.6 Å². The van der Waals surface area contributed by atoms with Crippen LogP contribution in [0.15, 0.2) is 60.9 Å². The molecule has 2 aromatic heterocycles. The van der Waals surface area contributed by atoms with Crippen LogP contribution in [0, 0.1) is 0 Å². The standard InChI is InChI=1S/C28H26N2O3/c31-28(32)19-11-12-22-24(16-19)30-14-15-33-27-21(20-8-5-13-29-17-20)9-4-10-23(27)26(30)25(22)18-6-2-1-3-7-18/h4-5,8-13,16-18H,1-3,6-7,14-15H2,(H,31,32). The zero-order valence-corrected chi connectivity index (χ0v) is 18.5. The third kappa shape index (κ3) is 3.30. The molecular weight excluding hydrogens is 412 g/mol. The lowest BCUT2D eigenvalue weighted by Crippen LogP contribution is -2.07. The van der Waals surface area contributed by atoms with Crippen molar-refractivity contribution in [1.29, 1.82) is 0 Å². The van der Waals surface area contributed by atoms with Gasteiger partial charge in [-0.15, -0.1) is 0 Å². The number of carboxylic acids is 1. The molecule has 0 atom stereocenters. The number of aromatic carboxylic acids is 1. The van der Waals surface area contributed by atoms with Gasteiger partial charge in [-0.1, -0.05) is 43.5 Å². The van der Waals surface area contributed by atoms with E-state index in [0.717, 1.165) is 28.0 Å². The highest BCUT2D eigenvalue weighted by Gasteiger charge is 2.30. The lowest BCUT2D eigenvalue weighted by Gasteiger charge is -2.24. The Labute approximate surface area is 192 Å².